The van der Waals surface area contributed by atoms with Gasteiger partial charge in [-0.1, -0.05) is 19.3 Å². The molecule has 2 atom stereocenters. The summed E-state index contributed by atoms with van der Waals surface area (Å²) in [5.41, 5.74) is 2.80. The maximum Gasteiger partial charge on any atom is 0.238 e. The largest absolute Gasteiger partial charge is 0.378 e. The molecule has 25 heavy (non-hydrogen) atoms. The first kappa shape index (κ1) is 18.4. The van der Waals surface area contributed by atoms with Crippen molar-refractivity contribution in [2.24, 2.45) is 5.41 Å². The van der Waals surface area contributed by atoms with Gasteiger partial charge in [0.05, 0.1) is 29.7 Å². The Labute approximate surface area is 150 Å². The number of nitrogens with one attached hydrogen (secondary N) is 2. The number of aromatic nitrogens is 2. The topological polar surface area (TPSA) is 70.2 Å². The molecule has 6 heteroatoms. The molecule has 0 unspecified atom stereocenters. The van der Waals surface area contributed by atoms with E-state index in [1.54, 1.807) is 0 Å². The Hall–Kier alpha value is -1.40. The second-order valence-corrected chi connectivity index (χ2v) is 7.76. The summed E-state index contributed by atoms with van der Waals surface area (Å²) < 4.78 is 6.03. The van der Waals surface area contributed by atoms with Crippen molar-refractivity contribution in [3.63, 3.8) is 0 Å². The first-order chi connectivity index (χ1) is 12.0. The van der Waals surface area contributed by atoms with Crippen molar-refractivity contribution >= 4 is 11.6 Å². The number of hydrogen-bond donors (Lipinski definition) is 2. The minimum Gasteiger partial charge on any atom is -0.378 e. The highest BCUT2D eigenvalue weighted by Crippen LogP contribution is 2.55. The van der Waals surface area contributed by atoms with Crippen LogP contribution in [0.25, 0.3) is 0 Å². The summed E-state index contributed by atoms with van der Waals surface area (Å²) >= 11 is 0. The lowest BCUT2D eigenvalue weighted by molar-refractivity contribution is -0.179. The van der Waals surface area contributed by atoms with Gasteiger partial charge in [0.25, 0.3) is 0 Å². The van der Waals surface area contributed by atoms with E-state index in [-0.39, 0.29) is 11.3 Å². The molecule has 1 heterocycles. The standard InChI is InChI=1S/C19H32N4O2/c1-5-25-16-11-15(19(16)9-7-6-8-10-19)23(4)12-17(24)20-18-13(2)21-22-14(18)3/h15-16H,5-12H2,1-4H3,(H,20,24)(H,21,22)/t15-,16-/m1/s1. The maximum atomic E-state index is 12.5. The SMILES string of the molecule is CCO[C@@H]1C[C@@H](N(C)CC(=O)Nc2c(C)n[nH]c2C)C12CCCCC2. The summed E-state index contributed by atoms with van der Waals surface area (Å²) in [6, 6.07) is 0.446. The number of anilines is 1. The number of aryl methyl sites for hydroxylation is 2. The molecule has 2 fully saturated rings. The molecule has 2 saturated carbocycles. The molecule has 1 amide bonds. The van der Waals surface area contributed by atoms with Crippen LogP contribution in [0.15, 0.2) is 0 Å². The highest BCUT2D eigenvalue weighted by Gasteiger charge is 2.56. The summed E-state index contributed by atoms with van der Waals surface area (Å²) in [6.07, 6.45) is 7.77. The summed E-state index contributed by atoms with van der Waals surface area (Å²) in [5, 5.41) is 10.1. The zero-order valence-electron chi connectivity index (χ0n) is 16.0. The predicted molar refractivity (Wildman–Crippen MR) is 98.7 cm³/mol. The molecule has 2 aliphatic carbocycles. The summed E-state index contributed by atoms with van der Waals surface area (Å²) in [7, 11) is 2.08. The van der Waals surface area contributed by atoms with Gasteiger partial charge in [-0.05, 0) is 47.1 Å². The van der Waals surface area contributed by atoms with Gasteiger partial charge >= 0.3 is 0 Å². The van der Waals surface area contributed by atoms with E-state index >= 15 is 0 Å². The monoisotopic (exact) mass is 348 g/mol. The highest BCUT2D eigenvalue weighted by molar-refractivity contribution is 5.93. The van der Waals surface area contributed by atoms with Crippen LogP contribution in [-0.2, 0) is 9.53 Å². The second-order valence-electron chi connectivity index (χ2n) is 7.76. The minimum atomic E-state index is 0.0286. The third kappa shape index (κ3) is 3.47. The van der Waals surface area contributed by atoms with Crippen molar-refractivity contribution in [2.75, 3.05) is 25.5 Å². The second kappa shape index (κ2) is 7.46. The fourth-order valence-electron chi connectivity index (χ4n) is 4.90. The minimum absolute atomic E-state index is 0.0286. The molecule has 0 radical (unpaired) electrons. The van der Waals surface area contributed by atoms with E-state index < -0.39 is 0 Å². The molecule has 0 saturated heterocycles. The van der Waals surface area contributed by atoms with Crippen LogP contribution in [0.3, 0.4) is 0 Å². The Morgan fingerprint density at radius 2 is 2.08 bits per heavy atom. The molecular formula is C19H32N4O2. The molecule has 2 aliphatic rings. The van der Waals surface area contributed by atoms with Crippen LogP contribution < -0.4 is 5.32 Å². The maximum absolute atomic E-state index is 12.5. The van der Waals surface area contributed by atoms with Crippen LogP contribution in [0.1, 0.15) is 56.8 Å². The zero-order valence-corrected chi connectivity index (χ0v) is 16.0. The fourth-order valence-corrected chi connectivity index (χ4v) is 4.90. The van der Waals surface area contributed by atoms with E-state index in [9.17, 15) is 4.79 Å². The van der Waals surface area contributed by atoms with Crippen molar-refractivity contribution < 1.29 is 9.53 Å². The zero-order chi connectivity index (χ0) is 18.0. The van der Waals surface area contributed by atoms with E-state index in [0.29, 0.717) is 18.7 Å². The van der Waals surface area contributed by atoms with Crippen molar-refractivity contribution in [3.8, 4) is 0 Å². The van der Waals surface area contributed by atoms with Crippen LogP contribution in [0.4, 0.5) is 5.69 Å². The first-order valence-electron chi connectivity index (χ1n) is 9.61. The molecular weight excluding hydrogens is 316 g/mol. The van der Waals surface area contributed by atoms with Crippen LogP contribution >= 0.6 is 0 Å². The Balaban J connectivity index is 1.62. The van der Waals surface area contributed by atoms with Crippen molar-refractivity contribution in [1.82, 2.24) is 15.1 Å². The molecule has 0 aliphatic heterocycles. The lowest BCUT2D eigenvalue weighted by Crippen LogP contribution is -2.65. The summed E-state index contributed by atoms with van der Waals surface area (Å²) in [5.74, 6) is 0.0286. The van der Waals surface area contributed by atoms with Gasteiger partial charge in [0.1, 0.15) is 0 Å². The third-order valence-electron chi connectivity index (χ3n) is 6.21. The lowest BCUT2D eigenvalue weighted by atomic mass is 9.54. The fraction of sp³-hybridized carbons (Fsp3) is 0.789. The lowest BCUT2D eigenvalue weighted by Gasteiger charge is -2.60. The molecule has 3 rings (SSSR count). The number of H-pyrrole nitrogens is 1. The number of aromatic amines is 1. The third-order valence-corrected chi connectivity index (χ3v) is 6.21. The molecule has 6 nitrogen and oxygen atoms in total. The molecule has 1 aromatic heterocycles. The number of amides is 1. The van der Waals surface area contributed by atoms with E-state index in [1.807, 2.05) is 13.8 Å². The molecule has 0 aromatic carbocycles. The van der Waals surface area contributed by atoms with E-state index in [0.717, 1.165) is 30.1 Å². The summed E-state index contributed by atoms with van der Waals surface area (Å²) in [4.78, 5) is 14.8. The van der Waals surface area contributed by atoms with Gasteiger partial charge in [-0.25, -0.2) is 0 Å². The van der Waals surface area contributed by atoms with Gasteiger partial charge in [0.2, 0.25) is 5.91 Å². The Bertz CT molecular complexity index is 587. The van der Waals surface area contributed by atoms with E-state index in [4.69, 9.17) is 4.74 Å². The predicted octanol–water partition coefficient (Wildman–Crippen LogP) is 3.02. The van der Waals surface area contributed by atoms with Gasteiger partial charge in [-0.3, -0.25) is 14.8 Å². The number of rotatable bonds is 6. The van der Waals surface area contributed by atoms with Gasteiger partial charge in [-0.2, -0.15) is 5.10 Å². The van der Waals surface area contributed by atoms with Crippen molar-refractivity contribution in [2.45, 2.75) is 71.4 Å². The van der Waals surface area contributed by atoms with E-state index in [2.05, 4.69) is 34.4 Å². The normalized spacial score (nSPS) is 25.2. The number of carbonyl (C=O) groups excluding carboxylic acids is 1. The molecule has 0 bridgehead atoms. The van der Waals surface area contributed by atoms with Crippen LogP contribution in [0.5, 0.6) is 0 Å². The van der Waals surface area contributed by atoms with Crippen LogP contribution in [0, 0.1) is 19.3 Å². The Morgan fingerprint density at radius 3 is 2.68 bits per heavy atom. The van der Waals surface area contributed by atoms with Crippen LogP contribution in [0.2, 0.25) is 0 Å². The number of nitrogens with zero attached hydrogens (tertiary/aromatic N) is 2. The summed E-state index contributed by atoms with van der Waals surface area (Å²) in [6.45, 7) is 7.10. The number of likely N-dealkylation sites (N-methyl/N-ethyl adjacent to an activating group) is 1. The van der Waals surface area contributed by atoms with Gasteiger partial charge in [0.15, 0.2) is 0 Å². The molecule has 2 N–H and O–H groups in total. The average Bonchev–Trinajstić information content (AvgIpc) is 2.90. The highest BCUT2D eigenvalue weighted by atomic mass is 16.5. The Kier molecular flexibility index (Phi) is 5.49. The number of hydrogen-bond acceptors (Lipinski definition) is 4. The van der Waals surface area contributed by atoms with Gasteiger partial charge in [0, 0.05) is 18.1 Å². The average molecular weight is 348 g/mol. The van der Waals surface area contributed by atoms with Gasteiger partial charge < -0.3 is 10.1 Å². The molecule has 1 aromatic rings. The smallest absolute Gasteiger partial charge is 0.238 e. The van der Waals surface area contributed by atoms with Crippen molar-refractivity contribution in [3.05, 3.63) is 11.4 Å². The number of ether oxygens (including phenoxy) is 1. The van der Waals surface area contributed by atoms with E-state index in [1.165, 1.54) is 32.1 Å². The number of carbonyl (C=O) groups is 1. The molecule has 1 spiro atoms. The van der Waals surface area contributed by atoms with Crippen molar-refractivity contribution in [1.29, 1.82) is 0 Å². The van der Waals surface area contributed by atoms with Crippen LogP contribution in [-0.4, -0.2) is 53.3 Å². The Morgan fingerprint density at radius 1 is 1.36 bits per heavy atom. The first-order valence-corrected chi connectivity index (χ1v) is 9.61. The van der Waals surface area contributed by atoms with Gasteiger partial charge in [-0.15, -0.1) is 0 Å². The molecule has 140 valence electrons. The quantitative estimate of drug-likeness (QED) is 0.829.